The average molecular weight is 323 g/mol. The Morgan fingerprint density at radius 2 is 2.06 bits per heavy atom. The van der Waals surface area contributed by atoms with Crippen LogP contribution in [0.4, 0.5) is 0 Å². The minimum Gasteiger partial charge on any atom is -0.234 e. The Labute approximate surface area is 112 Å². The van der Waals surface area contributed by atoms with Gasteiger partial charge < -0.3 is 0 Å². The maximum absolute atomic E-state index is 11.7. The summed E-state index contributed by atoms with van der Waals surface area (Å²) >= 11 is 9.33. The lowest BCUT2D eigenvalue weighted by molar-refractivity contribution is 0.651. The van der Waals surface area contributed by atoms with Crippen molar-refractivity contribution >= 4 is 44.7 Å². The molecule has 1 rings (SSSR count). The van der Waals surface area contributed by atoms with Gasteiger partial charge in [0.25, 0.3) is 0 Å². The minimum atomic E-state index is -1.26. The lowest BCUT2D eigenvalue weighted by Crippen LogP contribution is -2.19. The molecule has 0 aromatic heterocycles. The molecule has 5 heteroatoms. The summed E-state index contributed by atoms with van der Waals surface area (Å²) in [6.45, 7) is 5.63. The van der Waals surface area contributed by atoms with Crippen molar-refractivity contribution in [3.05, 3.63) is 33.3 Å². The number of nitrogens with zero attached hydrogens (tertiary/aromatic N) is 1. The molecule has 0 aliphatic rings. The summed E-state index contributed by atoms with van der Waals surface area (Å²) in [5.41, 5.74) is 0.758. The van der Waals surface area contributed by atoms with Gasteiger partial charge in [-0.05, 0) is 39.0 Å². The Bertz CT molecular complexity index is 440. The molecule has 0 amide bonds. The molecule has 0 bridgehead atoms. The summed E-state index contributed by atoms with van der Waals surface area (Å²) in [6.07, 6.45) is 1.55. The van der Waals surface area contributed by atoms with E-state index in [4.69, 9.17) is 11.6 Å². The smallest absolute Gasteiger partial charge is 0.144 e. The molecule has 1 atom stereocenters. The second kappa shape index (κ2) is 5.43. The van der Waals surface area contributed by atoms with Gasteiger partial charge in [0.2, 0.25) is 0 Å². The van der Waals surface area contributed by atoms with Gasteiger partial charge in [-0.15, -0.1) is 0 Å². The summed E-state index contributed by atoms with van der Waals surface area (Å²) in [4.78, 5) is 0. The SMILES string of the molecule is CC(C)(C)[S@](=O)/N=C/c1cc(Br)ccc1Cl. The van der Waals surface area contributed by atoms with E-state index in [0.717, 1.165) is 10.0 Å². The van der Waals surface area contributed by atoms with E-state index in [0.29, 0.717) is 5.02 Å². The molecule has 0 aliphatic carbocycles. The Kier molecular flexibility index (Phi) is 4.71. The predicted octanol–water partition coefficient (Wildman–Crippen LogP) is 3.98. The van der Waals surface area contributed by atoms with Gasteiger partial charge in [-0.2, -0.15) is 4.40 Å². The van der Waals surface area contributed by atoms with Gasteiger partial charge in [0.1, 0.15) is 11.0 Å². The van der Waals surface area contributed by atoms with Crippen molar-refractivity contribution in [2.24, 2.45) is 4.40 Å². The third-order valence-electron chi connectivity index (χ3n) is 1.77. The fourth-order valence-corrected chi connectivity index (χ4v) is 1.95. The molecule has 0 saturated carbocycles. The molecule has 0 heterocycles. The van der Waals surface area contributed by atoms with Crippen LogP contribution in [0.15, 0.2) is 27.1 Å². The largest absolute Gasteiger partial charge is 0.234 e. The lowest BCUT2D eigenvalue weighted by atomic mass is 10.2. The van der Waals surface area contributed by atoms with Crippen molar-refractivity contribution in [1.29, 1.82) is 0 Å². The zero-order chi connectivity index (χ0) is 12.3. The standard InChI is InChI=1S/C11H13BrClNOS/c1-11(2,3)16(15)14-7-8-6-9(12)4-5-10(8)13/h4-7H,1-3H3/b14-7+/t16-/m0/s1. The van der Waals surface area contributed by atoms with Gasteiger partial charge in [-0.25, -0.2) is 4.21 Å². The van der Waals surface area contributed by atoms with Crippen LogP contribution in [0, 0.1) is 0 Å². The van der Waals surface area contributed by atoms with E-state index >= 15 is 0 Å². The molecule has 0 radical (unpaired) electrons. The molecular weight excluding hydrogens is 310 g/mol. The first kappa shape index (κ1) is 13.9. The number of halogens is 2. The van der Waals surface area contributed by atoms with Crippen LogP contribution in [0.3, 0.4) is 0 Å². The van der Waals surface area contributed by atoms with Crippen LogP contribution in [0.2, 0.25) is 5.02 Å². The zero-order valence-corrected chi connectivity index (χ0v) is 12.5. The van der Waals surface area contributed by atoms with Crippen molar-refractivity contribution < 1.29 is 4.21 Å². The minimum absolute atomic E-state index is 0.352. The molecule has 0 N–H and O–H groups in total. The maximum atomic E-state index is 11.7. The van der Waals surface area contributed by atoms with Crippen molar-refractivity contribution in [2.75, 3.05) is 0 Å². The lowest BCUT2D eigenvalue weighted by Gasteiger charge is -2.12. The summed E-state index contributed by atoms with van der Waals surface area (Å²) in [6, 6.07) is 5.46. The molecule has 88 valence electrons. The summed E-state index contributed by atoms with van der Waals surface area (Å²) in [7, 11) is -1.26. The molecule has 0 unspecified atom stereocenters. The van der Waals surface area contributed by atoms with Crippen molar-refractivity contribution in [1.82, 2.24) is 0 Å². The monoisotopic (exact) mass is 321 g/mol. The van der Waals surface area contributed by atoms with Crippen LogP contribution in [0.1, 0.15) is 26.3 Å². The Balaban J connectivity index is 2.93. The van der Waals surface area contributed by atoms with Crippen molar-refractivity contribution in [2.45, 2.75) is 25.5 Å². The highest BCUT2D eigenvalue weighted by Crippen LogP contribution is 2.20. The first-order valence-electron chi connectivity index (χ1n) is 4.72. The van der Waals surface area contributed by atoms with Gasteiger partial charge in [0.15, 0.2) is 0 Å². The molecular formula is C11H13BrClNOS. The summed E-state index contributed by atoms with van der Waals surface area (Å²) < 4.78 is 16.3. The molecule has 0 aliphatic heterocycles. The molecule has 0 spiro atoms. The Morgan fingerprint density at radius 3 is 2.62 bits per heavy atom. The quantitative estimate of drug-likeness (QED) is 0.757. The normalized spacial score (nSPS) is 14.3. The number of rotatable bonds is 2. The van der Waals surface area contributed by atoms with Crippen molar-refractivity contribution in [3.63, 3.8) is 0 Å². The highest BCUT2D eigenvalue weighted by atomic mass is 79.9. The summed E-state index contributed by atoms with van der Waals surface area (Å²) in [5.74, 6) is 0. The topological polar surface area (TPSA) is 29.4 Å². The number of benzene rings is 1. The van der Waals surface area contributed by atoms with Crippen LogP contribution in [-0.4, -0.2) is 15.2 Å². The number of hydrogen-bond donors (Lipinski definition) is 0. The highest BCUT2D eigenvalue weighted by molar-refractivity contribution is 9.10. The maximum Gasteiger partial charge on any atom is 0.144 e. The highest BCUT2D eigenvalue weighted by Gasteiger charge is 2.18. The first-order valence-corrected chi connectivity index (χ1v) is 6.99. The van der Waals surface area contributed by atoms with E-state index in [9.17, 15) is 4.21 Å². The third-order valence-corrected chi connectivity index (χ3v) is 3.95. The molecule has 16 heavy (non-hydrogen) atoms. The summed E-state index contributed by atoms with van der Waals surface area (Å²) in [5, 5.41) is 0.595. The fourth-order valence-electron chi connectivity index (χ4n) is 0.876. The van der Waals surface area contributed by atoms with E-state index in [1.54, 1.807) is 12.3 Å². The van der Waals surface area contributed by atoms with Gasteiger partial charge in [-0.3, -0.25) is 0 Å². The van der Waals surface area contributed by atoms with Crippen LogP contribution in [-0.2, 0) is 11.0 Å². The van der Waals surface area contributed by atoms with E-state index in [-0.39, 0.29) is 4.75 Å². The van der Waals surface area contributed by atoms with Crippen molar-refractivity contribution in [3.8, 4) is 0 Å². The third kappa shape index (κ3) is 4.00. The zero-order valence-electron chi connectivity index (χ0n) is 9.33. The average Bonchev–Trinajstić information content (AvgIpc) is 2.17. The van der Waals surface area contributed by atoms with E-state index < -0.39 is 11.0 Å². The van der Waals surface area contributed by atoms with Crippen LogP contribution < -0.4 is 0 Å². The van der Waals surface area contributed by atoms with E-state index in [1.807, 2.05) is 32.9 Å². The second-order valence-electron chi connectivity index (χ2n) is 4.26. The first-order chi connectivity index (χ1) is 7.30. The fraction of sp³-hybridized carbons (Fsp3) is 0.364. The number of hydrogen-bond acceptors (Lipinski definition) is 1. The van der Waals surface area contributed by atoms with Crippen LogP contribution >= 0.6 is 27.5 Å². The Morgan fingerprint density at radius 1 is 1.44 bits per heavy atom. The van der Waals surface area contributed by atoms with E-state index in [1.165, 1.54) is 0 Å². The van der Waals surface area contributed by atoms with Gasteiger partial charge >= 0.3 is 0 Å². The molecule has 0 fully saturated rings. The predicted molar refractivity (Wildman–Crippen MR) is 74.6 cm³/mol. The van der Waals surface area contributed by atoms with Crippen LogP contribution in [0.5, 0.6) is 0 Å². The van der Waals surface area contributed by atoms with Crippen LogP contribution in [0.25, 0.3) is 0 Å². The molecule has 2 nitrogen and oxygen atoms in total. The van der Waals surface area contributed by atoms with E-state index in [2.05, 4.69) is 20.3 Å². The Hall–Kier alpha value is -0.190. The second-order valence-corrected chi connectivity index (χ2v) is 7.52. The van der Waals surface area contributed by atoms with Gasteiger partial charge in [-0.1, -0.05) is 27.5 Å². The molecule has 1 aromatic rings. The van der Waals surface area contributed by atoms with Gasteiger partial charge in [0.05, 0.1) is 4.75 Å². The molecule has 1 aromatic carbocycles. The molecule has 0 saturated heterocycles. The van der Waals surface area contributed by atoms with Gasteiger partial charge in [0, 0.05) is 21.3 Å².